The van der Waals surface area contributed by atoms with Crippen LogP contribution >= 0.6 is 0 Å². The maximum absolute atomic E-state index is 14.6. The fourth-order valence-electron chi connectivity index (χ4n) is 4.85. The van der Waals surface area contributed by atoms with Crippen LogP contribution in [0.2, 0.25) is 0 Å². The summed E-state index contributed by atoms with van der Waals surface area (Å²) in [5, 5.41) is 22.5. The molecule has 40 heavy (non-hydrogen) atoms. The lowest BCUT2D eigenvalue weighted by Crippen LogP contribution is -2.33. The lowest BCUT2D eigenvalue weighted by Gasteiger charge is -2.28. The van der Waals surface area contributed by atoms with Crippen LogP contribution in [0.15, 0.2) is 67.0 Å². The zero-order valence-corrected chi connectivity index (χ0v) is 21.6. The third-order valence-electron chi connectivity index (χ3n) is 6.72. The lowest BCUT2D eigenvalue weighted by atomic mass is 10.0. The van der Waals surface area contributed by atoms with Gasteiger partial charge in [0, 0.05) is 30.5 Å². The van der Waals surface area contributed by atoms with Gasteiger partial charge in [-0.25, -0.2) is 14.4 Å². The number of carbonyl (C=O) groups excluding carboxylic acids is 1. The van der Waals surface area contributed by atoms with Crippen molar-refractivity contribution in [2.75, 3.05) is 30.5 Å². The molecular weight excluding hydrogens is 513 g/mol. The second kappa shape index (κ2) is 11.4. The van der Waals surface area contributed by atoms with Crippen molar-refractivity contribution in [3.63, 3.8) is 0 Å². The van der Waals surface area contributed by atoms with Crippen LogP contribution in [0.1, 0.15) is 22.5 Å². The van der Waals surface area contributed by atoms with E-state index in [9.17, 15) is 19.6 Å². The number of rotatable bonds is 7. The number of benzene rings is 2. The van der Waals surface area contributed by atoms with Gasteiger partial charge in [0.2, 0.25) is 0 Å². The molecule has 2 atom stereocenters. The van der Waals surface area contributed by atoms with E-state index in [1.807, 2.05) is 11.0 Å². The molecule has 0 saturated carbocycles. The summed E-state index contributed by atoms with van der Waals surface area (Å²) in [5.41, 5.74) is 8.89. The second-order valence-electron chi connectivity index (χ2n) is 9.26. The van der Waals surface area contributed by atoms with Crippen LogP contribution < -0.4 is 20.7 Å². The molecule has 3 heterocycles. The van der Waals surface area contributed by atoms with Gasteiger partial charge in [0.25, 0.3) is 5.91 Å². The number of carbonyl (C=O) groups is 1. The van der Waals surface area contributed by atoms with E-state index >= 15 is 0 Å². The summed E-state index contributed by atoms with van der Waals surface area (Å²) in [6.07, 6.45) is 3.55. The zero-order valence-electron chi connectivity index (χ0n) is 21.6. The van der Waals surface area contributed by atoms with E-state index in [0.717, 1.165) is 0 Å². The molecular formula is C29H26FN7O3. The van der Waals surface area contributed by atoms with Gasteiger partial charge >= 0.3 is 0 Å². The molecule has 1 aliphatic rings. The van der Waals surface area contributed by atoms with Crippen LogP contribution in [0.4, 0.5) is 15.8 Å². The van der Waals surface area contributed by atoms with Crippen molar-refractivity contribution in [3.05, 3.63) is 84.1 Å². The zero-order chi connectivity index (χ0) is 28.2. The second-order valence-corrected chi connectivity index (χ2v) is 9.26. The van der Waals surface area contributed by atoms with Crippen molar-refractivity contribution in [1.29, 1.82) is 5.26 Å². The molecule has 1 fully saturated rings. The molecule has 2 aromatic carbocycles. The van der Waals surface area contributed by atoms with Gasteiger partial charge in [-0.15, -0.1) is 0 Å². The number of amides is 1. The Kier molecular flexibility index (Phi) is 7.63. The molecule has 11 heteroatoms. The van der Waals surface area contributed by atoms with Crippen molar-refractivity contribution < 1.29 is 19.0 Å². The van der Waals surface area contributed by atoms with Gasteiger partial charge < -0.3 is 25.8 Å². The standard InChI is InChI=1S/C29H26FN7O3/c1-40-25-6-2-5-21(30)26(25)28-34-11-9-23(35-28)29(39)36-22-8-7-17(27-18(14-31)4-3-10-33-27)12-24(22)37-15-19(32)13-20(37)16-38/h2-12,19-20,38H,13,15-16,32H2,1H3,(H,36,39)/t19-,20-/m0/s1. The van der Waals surface area contributed by atoms with Crippen molar-refractivity contribution in [2.45, 2.75) is 18.5 Å². The molecule has 0 radical (unpaired) electrons. The van der Waals surface area contributed by atoms with E-state index in [1.54, 1.807) is 36.5 Å². The average Bonchev–Trinajstić information content (AvgIpc) is 3.37. The number of nitriles is 1. The summed E-state index contributed by atoms with van der Waals surface area (Å²) in [4.78, 5) is 28.2. The highest BCUT2D eigenvalue weighted by atomic mass is 19.1. The molecule has 1 amide bonds. The molecule has 0 unspecified atom stereocenters. The third kappa shape index (κ3) is 5.18. The first kappa shape index (κ1) is 26.7. The molecule has 1 aliphatic heterocycles. The van der Waals surface area contributed by atoms with E-state index in [4.69, 9.17) is 10.5 Å². The molecule has 0 aliphatic carbocycles. The van der Waals surface area contributed by atoms with Crippen molar-refractivity contribution in [2.24, 2.45) is 5.73 Å². The number of nitrogens with zero attached hydrogens (tertiary/aromatic N) is 5. The van der Waals surface area contributed by atoms with Crippen LogP contribution in [0.3, 0.4) is 0 Å². The number of aliphatic hydroxyl groups is 1. The highest BCUT2D eigenvalue weighted by molar-refractivity contribution is 6.05. The molecule has 202 valence electrons. The minimum Gasteiger partial charge on any atom is -0.496 e. The topological polar surface area (TPSA) is 150 Å². The van der Waals surface area contributed by atoms with Gasteiger partial charge in [-0.05, 0) is 48.9 Å². The van der Waals surface area contributed by atoms with Crippen LogP contribution in [0.25, 0.3) is 22.6 Å². The smallest absolute Gasteiger partial charge is 0.274 e. The quantitative estimate of drug-likeness (QED) is 0.321. The minimum atomic E-state index is -0.582. The van der Waals surface area contributed by atoms with Crippen molar-refractivity contribution in [1.82, 2.24) is 15.0 Å². The van der Waals surface area contributed by atoms with Crippen LogP contribution in [-0.2, 0) is 0 Å². The van der Waals surface area contributed by atoms with Gasteiger partial charge in [0.1, 0.15) is 23.3 Å². The van der Waals surface area contributed by atoms with Gasteiger partial charge in [-0.3, -0.25) is 9.78 Å². The average molecular weight is 540 g/mol. The van der Waals surface area contributed by atoms with Crippen molar-refractivity contribution >= 4 is 17.3 Å². The van der Waals surface area contributed by atoms with Gasteiger partial charge in [-0.2, -0.15) is 5.26 Å². The number of aliphatic hydroxyl groups excluding tert-OH is 1. The first-order valence-corrected chi connectivity index (χ1v) is 12.5. The predicted molar refractivity (Wildman–Crippen MR) is 147 cm³/mol. The normalized spacial score (nSPS) is 16.4. The molecule has 4 N–H and O–H groups in total. The Morgan fingerprint density at radius 1 is 1.23 bits per heavy atom. The highest BCUT2D eigenvalue weighted by Crippen LogP contribution is 2.36. The number of halogens is 1. The number of pyridine rings is 1. The van der Waals surface area contributed by atoms with Crippen LogP contribution in [-0.4, -0.2) is 58.3 Å². The van der Waals surface area contributed by atoms with E-state index in [0.29, 0.717) is 41.2 Å². The fourth-order valence-corrected chi connectivity index (χ4v) is 4.85. The van der Waals surface area contributed by atoms with Gasteiger partial charge in [0.05, 0.1) is 48.0 Å². The highest BCUT2D eigenvalue weighted by Gasteiger charge is 2.32. The number of anilines is 2. The summed E-state index contributed by atoms with van der Waals surface area (Å²) < 4.78 is 19.9. The molecule has 0 bridgehead atoms. The largest absolute Gasteiger partial charge is 0.496 e. The summed E-state index contributed by atoms with van der Waals surface area (Å²) in [6, 6.07) is 16.1. The third-order valence-corrected chi connectivity index (χ3v) is 6.72. The van der Waals surface area contributed by atoms with E-state index in [2.05, 4.69) is 26.3 Å². The number of nitrogens with two attached hydrogens (primary N) is 1. The van der Waals surface area contributed by atoms with Gasteiger partial charge in [-0.1, -0.05) is 12.1 Å². The Balaban J connectivity index is 1.53. The Labute approximate surface area is 229 Å². The van der Waals surface area contributed by atoms with Gasteiger partial charge in [0.15, 0.2) is 5.82 Å². The number of hydrogen-bond acceptors (Lipinski definition) is 9. The molecule has 10 nitrogen and oxygen atoms in total. The maximum atomic E-state index is 14.6. The fraction of sp³-hybridized carbons (Fsp3) is 0.207. The number of methoxy groups -OCH3 is 1. The SMILES string of the molecule is COc1cccc(F)c1-c1nccc(C(=O)Nc2ccc(-c3ncccc3C#N)cc2N2C[C@@H](N)C[C@H]2CO)n1. The Morgan fingerprint density at radius 2 is 2.08 bits per heavy atom. The van der Waals surface area contributed by atoms with Crippen LogP contribution in [0, 0.1) is 17.1 Å². The number of aromatic nitrogens is 3. The Bertz CT molecular complexity index is 1610. The summed E-state index contributed by atoms with van der Waals surface area (Å²) >= 11 is 0. The molecule has 0 spiro atoms. The van der Waals surface area contributed by atoms with Crippen LogP contribution in [0.5, 0.6) is 5.75 Å². The first-order chi connectivity index (χ1) is 19.4. The molecule has 5 rings (SSSR count). The molecule has 2 aromatic heterocycles. The summed E-state index contributed by atoms with van der Waals surface area (Å²) in [5.74, 6) is -0.890. The molecule has 1 saturated heterocycles. The monoisotopic (exact) mass is 539 g/mol. The van der Waals surface area contributed by atoms with E-state index in [1.165, 1.54) is 31.5 Å². The van der Waals surface area contributed by atoms with E-state index < -0.39 is 11.7 Å². The number of hydrogen-bond donors (Lipinski definition) is 3. The Hall–Kier alpha value is -4.92. The summed E-state index contributed by atoms with van der Waals surface area (Å²) in [7, 11) is 1.41. The Morgan fingerprint density at radius 3 is 2.85 bits per heavy atom. The summed E-state index contributed by atoms with van der Waals surface area (Å²) in [6.45, 7) is 0.327. The number of nitrogens with one attached hydrogen (secondary N) is 1. The molecule has 4 aromatic rings. The number of ether oxygens (including phenoxy) is 1. The first-order valence-electron chi connectivity index (χ1n) is 12.5. The van der Waals surface area contributed by atoms with Crippen molar-refractivity contribution in [3.8, 4) is 34.5 Å². The minimum absolute atomic E-state index is 0.00298. The predicted octanol–water partition coefficient (Wildman–Crippen LogP) is 3.38. The maximum Gasteiger partial charge on any atom is 0.274 e. The lowest BCUT2D eigenvalue weighted by molar-refractivity contribution is 0.102. The van der Waals surface area contributed by atoms with E-state index in [-0.39, 0.29) is 41.5 Å².